The number of hydrogen-bond acceptors (Lipinski definition) is 5. The number of nitrogens with one attached hydrogen (secondary N) is 2. The van der Waals surface area contributed by atoms with Crippen LogP contribution in [0.4, 0.5) is 5.69 Å². The van der Waals surface area contributed by atoms with Gasteiger partial charge in [-0.1, -0.05) is 17.7 Å². The number of amidine groups is 1. The summed E-state index contributed by atoms with van der Waals surface area (Å²) in [4.78, 5) is 15.5. The van der Waals surface area contributed by atoms with Crippen LogP contribution in [0.15, 0.2) is 29.3 Å². The van der Waals surface area contributed by atoms with Crippen molar-refractivity contribution in [3.63, 3.8) is 0 Å². The van der Waals surface area contributed by atoms with Crippen LogP contribution in [-0.2, 0) is 9.53 Å². The fraction of sp³-hybridized carbons (Fsp3) is 0.333. The number of cyclic esters (lactones) is 1. The van der Waals surface area contributed by atoms with Gasteiger partial charge in [-0.05, 0) is 26.0 Å². The first-order chi connectivity index (χ1) is 8.15. The molecule has 1 unspecified atom stereocenters. The molecule has 1 aliphatic heterocycles. The van der Waals surface area contributed by atoms with Gasteiger partial charge in [0.25, 0.3) is 0 Å². The first-order valence-corrected chi connectivity index (χ1v) is 5.49. The van der Waals surface area contributed by atoms with Crippen LogP contribution >= 0.6 is 0 Å². The molecular formula is C12H15N3O2. The summed E-state index contributed by atoms with van der Waals surface area (Å²) in [7, 11) is 0. The Labute approximate surface area is 99.9 Å². The fourth-order valence-electron chi connectivity index (χ4n) is 1.43. The van der Waals surface area contributed by atoms with Crippen molar-refractivity contribution in [1.82, 2.24) is 5.43 Å². The molecule has 5 nitrogen and oxygen atoms in total. The Kier molecular flexibility index (Phi) is 3.27. The molecule has 1 aliphatic rings. The van der Waals surface area contributed by atoms with Crippen LogP contribution in [0.1, 0.15) is 12.5 Å². The van der Waals surface area contributed by atoms with Gasteiger partial charge in [-0.3, -0.25) is 15.8 Å². The number of rotatable bonds is 2. The van der Waals surface area contributed by atoms with E-state index in [0.29, 0.717) is 6.61 Å². The molecule has 0 radical (unpaired) electrons. The van der Waals surface area contributed by atoms with Crippen molar-refractivity contribution in [2.45, 2.75) is 19.9 Å². The van der Waals surface area contributed by atoms with E-state index >= 15 is 0 Å². The van der Waals surface area contributed by atoms with Gasteiger partial charge in [-0.25, -0.2) is 4.79 Å². The molecule has 0 bridgehead atoms. The second-order valence-corrected chi connectivity index (χ2v) is 4.04. The molecule has 90 valence electrons. The number of benzene rings is 1. The summed E-state index contributed by atoms with van der Waals surface area (Å²) in [6.07, 6.45) is 0. The van der Waals surface area contributed by atoms with Gasteiger partial charge in [0.1, 0.15) is 6.61 Å². The van der Waals surface area contributed by atoms with Gasteiger partial charge < -0.3 is 4.74 Å². The number of hydrogen-bond donors (Lipinski definition) is 2. The number of hydrazine groups is 1. The van der Waals surface area contributed by atoms with Gasteiger partial charge in [0.15, 0.2) is 0 Å². The molecule has 0 fully saturated rings. The molecule has 0 saturated carbocycles. The molecule has 0 amide bonds. The van der Waals surface area contributed by atoms with Crippen molar-refractivity contribution in [2.75, 3.05) is 12.0 Å². The average molecular weight is 233 g/mol. The maximum Gasteiger partial charge on any atom is 0.375 e. The van der Waals surface area contributed by atoms with Gasteiger partial charge >= 0.3 is 5.97 Å². The van der Waals surface area contributed by atoms with Gasteiger partial charge in [0.05, 0.1) is 11.7 Å². The standard InChI is InChI=1S/C12H15N3O2/c1-8-3-5-10(6-4-8)14-15-11-12(16)17-7-9(2)13-11/h3-6,9,14H,7H2,1-2H3,(H,13,15). The number of anilines is 1. The number of carbonyl (C=O) groups is 1. The van der Waals surface area contributed by atoms with Crippen LogP contribution in [-0.4, -0.2) is 24.5 Å². The smallest absolute Gasteiger partial charge is 0.375 e. The van der Waals surface area contributed by atoms with Crippen molar-refractivity contribution in [1.29, 1.82) is 0 Å². The first kappa shape index (κ1) is 11.4. The Hall–Kier alpha value is -2.04. The molecule has 0 spiro atoms. The minimum absolute atomic E-state index is 0.00461. The van der Waals surface area contributed by atoms with Crippen LogP contribution in [0, 0.1) is 6.92 Å². The van der Waals surface area contributed by atoms with Crippen LogP contribution in [0.25, 0.3) is 0 Å². The number of nitrogens with zero attached hydrogens (tertiary/aromatic N) is 1. The highest BCUT2D eigenvalue weighted by molar-refractivity contribution is 6.35. The van der Waals surface area contributed by atoms with Crippen molar-refractivity contribution >= 4 is 17.5 Å². The summed E-state index contributed by atoms with van der Waals surface area (Å²) in [5, 5.41) is 0. The van der Waals surface area contributed by atoms with E-state index in [-0.39, 0.29) is 11.9 Å². The van der Waals surface area contributed by atoms with Crippen molar-refractivity contribution in [2.24, 2.45) is 4.99 Å². The largest absolute Gasteiger partial charge is 0.458 e. The molecule has 1 aromatic rings. The Balaban J connectivity index is 1.97. The predicted molar refractivity (Wildman–Crippen MR) is 65.8 cm³/mol. The van der Waals surface area contributed by atoms with Crippen molar-refractivity contribution < 1.29 is 9.53 Å². The van der Waals surface area contributed by atoms with Gasteiger partial charge in [-0.2, -0.15) is 0 Å². The summed E-state index contributed by atoms with van der Waals surface area (Å²) in [5.41, 5.74) is 7.72. The van der Waals surface area contributed by atoms with Gasteiger partial charge in [0.2, 0.25) is 5.84 Å². The number of ether oxygens (including phenoxy) is 1. The van der Waals surface area contributed by atoms with Crippen LogP contribution in [0.5, 0.6) is 0 Å². The Bertz CT molecular complexity index is 440. The first-order valence-electron chi connectivity index (χ1n) is 5.49. The molecule has 17 heavy (non-hydrogen) atoms. The van der Waals surface area contributed by atoms with Gasteiger partial charge in [-0.15, -0.1) is 0 Å². The molecule has 0 aliphatic carbocycles. The number of aryl methyl sites for hydroxylation is 1. The van der Waals surface area contributed by atoms with Crippen molar-refractivity contribution in [3.05, 3.63) is 29.8 Å². The summed E-state index contributed by atoms with van der Waals surface area (Å²) in [5.74, 6) is -0.216. The number of carbonyl (C=O) groups excluding carboxylic acids is 1. The minimum Gasteiger partial charge on any atom is -0.458 e. The van der Waals surface area contributed by atoms with E-state index in [2.05, 4.69) is 15.8 Å². The normalized spacial score (nSPS) is 19.3. The second-order valence-electron chi connectivity index (χ2n) is 4.04. The molecule has 1 heterocycles. The third kappa shape index (κ3) is 2.96. The molecule has 1 aromatic carbocycles. The zero-order chi connectivity index (χ0) is 12.3. The summed E-state index contributed by atoms with van der Waals surface area (Å²) in [6.45, 7) is 4.25. The van der Waals surface area contributed by atoms with Crippen LogP contribution < -0.4 is 10.9 Å². The predicted octanol–water partition coefficient (Wildman–Crippen LogP) is 1.26. The van der Waals surface area contributed by atoms with Crippen molar-refractivity contribution in [3.8, 4) is 0 Å². The van der Waals surface area contributed by atoms with E-state index < -0.39 is 5.97 Å². The summed E-state index contributed by atoms with van der Waals surface area (Å²) >= 11 is 0. The fourth-order valence-corrected chi connectivity index (χ4v) is 1.43. The Morgan fingerprint density at radius 2 is 2.00 bits per heavy atom. The molecule has 0 saturated heterocycles. The van der Waals surface area contributed by atoms with Crippen LogP contribution in [0.2, 0.25) is 0 Å². The van der Waals surface area contributed by atoms with E-state index in [4.69, 9.17) is 4.74 Å². The Morgan fingerprint density at radius 3 is 2.71 bits per heavy atom. The highest BCUT2D eigenvalue weighted by Gasteiger charge is 2.20. The number of aliphatic imine (C=N–C) groups is 1. The zero-order valence-electron chi connectivity index (χ0n) is 9.86. The molecule has 2 rings (SSSR count). The topological polar surface area (TPSA) is 62.7 Å². The Morgan fingerprint density at radius 1 is 1.29 bits per heavy atom. The lowest BCUT2D eigenvalue weighted by atomic mass is 10.2. The third-order valence-electron chi connectivity index (χ3n) is 2.38. The van der Waals surface area contributed by atoms with E-state index in [9.17, 15) is 4.79 Å². The van der Waals surface area contributed by atoms with Crippen LogP contribution in [0.3, 0.4) is 0 Å². The third-order valence-corrected chi connectivity index (χ3v) is 2.38. The molecule has 2 N–H and O–H groups in total. The molecule has 1 atom stereocenters. The summed E-state index contributed by atoms with van der Waals surface area (Å²) < 4.78 is 4.94. The molecule has 0 aromatic heterocycles. The van der Waals surface area contributed by atoms with E-state index in [1.807, 2.05) is 38.1 Å². The maximum atomic E-state index is 11.4. The quantitative estimate of drug-likeness (QED) is 0.596. The highest BCUT2D eigenvalue weighted by atomic mass is 16.5. The summed E-state index contributed by atoms with van der Waals surface area (Å²) in [6, 6.07) is 7.79. The number of esters is 1. The van der Waals surface area contributed by atoms with E-state index in [0.717, 1.165) is 5.69 Å². The lowest BCUT2D eigenvalue weighted by Crippen LogP contribution is -2.41. The second kappa shape index (κ2) is 4.86. The minimum atomic E-state index is -0.428. The molecule has 5 heteroatoms. The zero-order valence-corrected chi connectivity index (χ0v) is 9.86. The van der Waals surface area contributed by atoms with E-state index in [1.54, 1.807) is 0 Å². The molecular weight excluding hydrogens is 218 g/mol. The monoisotopic (exact) mass is 233 g/mol. The SMILES string of the molecule is Cc1ccc(NNC2=NC(C)COC2=O)cc1. The van der Waals surface area contributed by atoms with E-state index in [1.165, 1.54) is 5.56 Å². The van der Waals surface area contributed by atoms with Gasteiger partial charge in [0, 0.05) is 0 Å². The average Bonchev–Trinajstić information content (AvgIpc) is 2.32. The maximum absolute atomic E-state index is 11.4. The highest BCUT2D eigenvalue weighted by Crippen LogP contribution is 2.07. The lowest BCUT2D eigenvalue weighted by Gasteiger charge is -2.18. The lowest BCUT2D eigenvalue weighted by molar-refractivity contribution is -0.137.